The van der Waals surface area contributed by atoms with Gasteiger partial charge in [0, 0.05) is 33.1 Å². The van der Waals surface area contributed by atoms with Crippen LogP contribution in [-0.4, -0.2) is 14.1 Å². The molecule has 2 aromatic heterocycles. The minimum atomic E-state index is 0.947. The first kappa shape index (κ1) is 21.0. The van der Waals surface area contributed by atoms with Crippen molar-refractivity contribution in [3.05, 3.63) is 140 Å². The molecule has 0 aliphatic carbocycles. The van der Waals surface area contributed by atoms with Gasteiger partial charge in [-0.25, -0.2) is 4.98 Å². The quantitative estimate of drug-likeness (QED) is 0.245. The summed E-state index contributed by atoms with van der Waals surface area (Å²) in [4.78, 5) is 5.38. The van der Waals surface area contributed by atoms with Crippen LogP contribution in [0.4, 0.5) is 0 Å². The van der Waals surface area contributed by atoms with Crippen LogP contribution in [0.15, 0.2) is 140 Å². The van der Waals surface area contributed by atoms with E-state index in [1.165, 1.54) is 32.6 Å². The van der Waals surface area contributed by atoms with E-state index in [-0.39, 0.29) is 0 Å². The molecule has 0 N–H and O–H groups in total. The molecule has 0 saturated heterocycles. The number of benzene rings is 6. The Morgan fingerprint density at radius 3 is 1.71 bits per heavy atom. The smallest absolute Gasteiger partial charge is 0.145 e. The zero-order valence-corrected chi connectivity index (χ0v) is 20.6. The van der Waals surface area contributed by atoms with Crippen LogP contribution in [-0.2, 0) is 0 Å². The second-order valence-electron chi connectivity index (χ2n) is 9.65. The molecule has 2 heterocycles. The molecule has 0 saturated carbocycles. The van der Waals surface area contributed by atoms with E-state index < -0.39 is 0 Å². The average Bonchev–Trinajstić information content (AvgIpc) is 3.55. The summed E-state index contributed by atoms with van der Waals surface area (Å²) in [5, 5.41) is 4.86. The molecular weight excluding hydrogens is 462 g/mol. The first-order valence-corrected chi connectivity index (χ1v) is 12.9. The molecule has 0 atom stereocenters. The van der Waals surface area contributed by atoms with Gasteiger partial charge in [-0.15, -0.1) is 0 Å². The molecule has 3 nitrogen and oxygen atoms in total. The molecule has 0 radical (unpaired) electrons. The second-order valence-corrected chi connectivity index (χ2v) is 9.65. The lowest BCUT2D eigenvalue weighted by Crippen LogP contribution is -1.97. The third kappa shape index (κ3) is 2.99. The molecule has 0 bridgehead atoms. The molecule has 0 unspecified atom stereocenters. The summed E-state index contributed by atoms with van der Waals surface area (Å²) < 4.78 is 4.66. The summed E-state index contributed by atoms with van der Waals surface area (Å²) >= 11 is 0. The Hall–Kier alpha value is -5.15. The Kier molecular flexibility index (Phi) is 4.52. The summed E-state index contributed by atoms with van der Waals surface area (Å²) in [7, 11) is 0. The Balaban J connectivity index is 1.58. The van der Waals surface area contributed by atoms with Crippen molar-refractivity contribution in [1.82, 2.24) is 14.1 Å². The first-order chi connectivity index (χ1) is 18.9. The van der Waals surface area contributed by atoms with Gasteiger partial charge in [-0.1, -0.05) is 97.1 Å². The van der Waals surface area contributed by atoms with Crippen molar-refractivity contribution in [1.29, 1.82) is 0 Å². The number of nitrogens with zero attached hydrogens (tertiary/aromatic N) is 3. The highest BCUT2D eigenvalue weighted by Crippen LogP contribution is 2.41. The zero-order chi connectivity index (χ0) is 25.1. The lowest BCUT2D eigenvalue weighted by Gasteiger charge is -2.10. The van der Waals surface area contributed by atoms with Crippen LogP contribution < -0.4 is 0 Å². The summed E-state index contributed by atoms with van der Waals surface area (Å²) in [5.74, 6) is 0.947. The van der Waals surface area contributed by atoms with Crippen LogP contribution in [0.1, 0.15) is 0 Å². The van der Waals surface area contributed by atoms with Crippen LogP contribution in [0, 0.1) is 0 Å². The Bertz CT molecular complexity index is 2100. The minimum absolute atomic E-state index is 0.947. The number of para-hydroxylation sites is 3. The highest BCUT2D eigenvalue weighted by atomic mass is 15.1. The Morgan fingerprint density at radius 2 is 1.00 bits per heavy atom. The topological polar surface area (TPSA) is 22.8 Å². The SMILES string of the molecule is c1ccc(-c2nc3c4c(ccc3n2-c2ccccc2)ccc2c4c3ccccc3n2-c2ccccc2)cc1. The monoisotopic (exact) mass is 485 g/mol. The number of hydrogen-bond acceptors (Lipinski definition) is 1. The molecule has 6 aromatic carbocycles. The third-order valence-corrected chi connectivity index (χ3v) is 7.50. The molecule has 8 rings (SSSR count). The lowest BCUT2D eigenvalue weighted by atomic mass is 10.0. The largest absolute Gasteiger partial charge is 0.309 e. The van der Waals surface area contributed by atoms with Gasteiger partial charge in [0.05, 0.1) is 22.1 Å². The van der Waals surface area contributed by atoms with Gasteiger partial charge in [0.15, 0.2) is 0 Å². The molecule has 8 aromatic rings. The molecule has 38 heavy (non-hydrogen) atoms. The van der Waals surface area contributed by atoms with Crippen molar-refractivity contribution in [2.24, 2.45) is 0 Å². The average molecular weight is 486 g/mol. The summed E-state index contributed by atoms with van der Waals surface area (Å²) in [6.45, 7) is 0. The normalized spacial score (nSPS) is 11.7. The standard InChI is InChI=1S/C35H23N3/c1-4-12-25(13-5-1)35-36-34-31(38(35)27-16-8-3-9-17-27)23-21-24-20-22-30-33(32(24)34)28-18-10-11-19-29(28)37(30)26-14-6-2-7-15-26/h1-23H. The van der Waals surface area contributed by atoms with E-state index in [1.54, 1.807) is 0 Å². The van der Waals surface area contributed by atoms with E-state index in [1.807, 2.05) is 0 Å². The van der Waals surface area contributed by atoms with Gasteiger partial charge in [-0.2, -0.15) is 0 Å². The fourth-order valence-electron chi connectivity index (χ4n) is 5.88. The highest BCUT2D eigenvalue weighted by Gasteiger charge is 2.20. The highest BCUT2D eigenvalue weighted by molar-refractivity contribution is 6.27. The summed E-state index contributed by atoms with van der Waals surface area (Å²) in [6.07, 6.45) is 0. The maximum Gasteiger partial charge on any atom is 0.145 e. The van der Waals surface area contributed by atoms with Gasteiger partial charge in [-0.3, -0.25) is 4.57 Å². The van der Waals surface area contributed by atoms with Gasteiger partial charge >= 0.3 is 0 Å². The van der Waals surface area contributed by atoms with E-state index in [4.69, 9.17) is 4.98 Å². The molecule has 0 spiro atoms. The van der Waals surface area contributed by atoms with Crippen molar-refractivity contribution in [2.75, 3.05) is 0 Å². The lowest BCUT2D eigenvalue weighted by molar-refractivity contribution is 1.10. The van der Waals surface area contributed by atoms with E-state index in [2.05, 4.69) is 149 Å². The predicted molar refractivity (Wildman–Crippen MR) is 158 cm³/mol. The van der Waals surface area contributed by atoms with Crippen molar-refractivity contribution >= 4 is 43.6 Å². The first-order valence-electron chi connectivity index (χ1n) is 12.9. The fraction of sp³-hybridized carbons (Fsp3) is 0. The van der Waals surface area contributed by atoms with Crippen molar-refractivity contribution in [3.8, 4) is 22.8 Å². The van der Waals surface area contributed by atoms with Crippen LogP contribution in [0.2, 0.25) is 0 Å². The predicted octanol–water partition coefficient (Wildman–Crippen LogP) is 8.94. The van der Waals surface area contributed by atoms with Crippen LogP contribution in [0.3, 0.4) is 0 Å². The van der Waals surface area contributed by atoms with Crippen LogP contribution in [0.5, 0.6) is 0 Å². The summed E-state index contributed by atoms with van der Waals surface area (Å²) in [6, 6.07) is 49.3. The van der Waals surface area contributed by atoms with E-state index in [9.17, 15) is 0 Å². The number of rotatable bonds is 3. The molecule has 178 valence electrons. The second kappa shape index (κ2) is 8.19. The molecule has 0 aliphatic rings. The number of aromatic nitrogens is 3. The van der Waals surface area contributed by atoms with Gasteiger partial charge in [-0.05, 0) is 47.9 Å². The number of fused-ring (bicyclic) bond motifs is 7. The Morgan fingerprint density at radius 1 is 0.421 bits per heavy atom. The Labute approximate surface area is 219 Å². The van der Waals surface area contributed by atoms with E-state index >= 15 is 0 Å². The fourth-order valence-corrected chi connectivity index (χ4v) is 5.88. The zero-order valence-electron chi connectivity index (χ0n) is 20.6. The minimum Gasteiger partial charge on any atom is -0.309 e. The summed E-state index contributed by atoms with van der Waals surface area (Å²) in [5.41, 5.74) is 7.87. The van der Waals surface area contributed by atoms with Crippen LogP contribution in [0.25, 0.3) is 66.4 Å². The van der Waals surface area contributed by atoms with Gasteiger partial charge in [0.25, 0.3) is 0 Å². The van der Waals surface area contributed by atoms with Gasteiger partial charge in [0.2, 0.25) is 0 Å². The molecule has 0 fully saturated rings. The maximum atomic E-state index is 5.38. The number of hydrogen-bond donors (Lipinski definition) is 0. The van der Waals surface area contributed by atoms with E-state index in [0.29, 0.717) is 0 Å². The van der Waals surface area contributed by atoms with Crippen LogP contribution >= 0.6 is 0 Å². The van der Waals surface area contributed by atoms with Crippen molar-refractivity contribution in [2.45, 2.75) is 0 Å². The molecule has 0 amide bonds. The van der Waals surface area contributed by atoms with Gasteiger partial charge in [0.1, 0.15) is 5.82 Å². The van der Waals surface area contributed by atoms with E-state index in [0.717, 1.165) is 33.8 Å². The van der Waals surface area contributed by atoms with Crippen molar-refractivity contribution in [3.63, 3.8) is 0 Å². The molecule has 0 aliphatic heterocycles. The van der Waals surface area contributed by atoms with Gasteiger partial charge < -0.3 is 4.57 Å². The van der Waals surface area contributed by atoms with Crippen molar-refractivity contribution < 1.29 is 0 Å². The molecule has 3 heteroatoms. The third-order valence-electron chi connectivity index (χ3n) is 7.50. The number of imidazole rings is 1. The molecular formula is C35H23N3. The maximum absolute atomic E-state index is 5.38.